The SMILES string of the molecule is C=CC(O)c1cc(OC)cs1. The van der Waals surface area contributed by atoms with Crippen molar-refractivity contribution >= 4 is 11.3 Å². The Morgan fingerprint density at radius 3 is 3.00 bits per heavy atom. The van der Waals surface area contributed by atoms with Crippen LogP contribution in [0.3, 0.4) is 0 Å². The highest BCUT2D eigenvalue weighted by Gasteiger charge is 2.05. The lowest BCUT2D eigenvalue weighted by Crippen LogP contribution is -1.86. The van der Waals surface area contributed by atoms with Gasteiger partial charge in [0.2, 0.25) is 0 Å². The van der Waals surface area contributed by atoms with Crippen molar-refractivity contribution in [2.75, 3.05) is 7.11 Å². The molecule has 1 heterocycles. The topological polar surface area (TPSA) is 29.5 Å². The maximum atomic E-state index is 9.27. The molecule has 0 fully saturated rings. The highest BCUT2D eigenvalue weighted by atomic mass is 32.1. The highest BCUT2D eigenvalue weighted by molar-refractivity contribution is 7.10. The summed E-state index contributed by atoms with van der Waals surface area (Å²) in [7, 11) is 1.60. The zero-order valence-corrected chi connectivity index (χ0v) is 7.10. The van der Waals surface area contributed by atoms with Crippen molar-refractivity contribution in [3.63, 3.8) is 0 Å². The number of aliphatic hydroxyl groups excluding tert-OH is 1. The first-order valence-electron chi connectivity index (χ1n) is 3.21. The molecule has 0 aromatic carbocycles. The predicted octanol–water partition coefficient (Wildman–Crippen LogP) is 1.98. The summed E-state index contributed by atoms with van der Waals surface area (Å²) in [5, 5.41) is 11.1. The van der Waals surface area contributed by atoms with E-state index < -0.39 is 6.10 Å². The summed E-state index contributed by atoms with van der Waals surface area (Å²) in [4.78, 5) is 0.858. The van der Waals surface area contributed by atoms with Crippen molar-refractivity contribution < 1.29 is 9.84 Å². The first kappa shape index (κ1) is 8.30. The molecule has 0 aliphatic carbocycles. The van der Waals surface area contributed by atoms with Crippen LogP contribution in [0, 0.1) is 0 Å². The molecule has 0 radical (unpaired) electrons. The summed E-state index contributed by atoms with van der Waals surface area (Å²) in [6.07, 6.45) is 0.926. The minimum atomic E-state index is -0.566. The third kappa shape index (κ3) is 1.82. The Labute approximate surface area is 69.7 Å². The second-order valence-corrected chi connectivity index (χ2v) is 3.01. The van der Waals surface area contributed by atoms with E-state index in [-0.39, 0.29) is 0 Å². The molecule has 1 unspecified atom stereocenters. The van der Waals surface area contributed by atoms with Crippen molar-refractivity contribution in [3.8, 4) is 5.75 Å². The van der Waals surface area contributed by atoms with E-state index in [1.165, 1.54) is 17.4 Å². The number of thiophene rings is 1. The molecule has 11 heavy (non-hydrogen) atoms. The van der Waals surface area contributed by atoms with Gasteiger partial charge in [-0.15, -0.1) is 17.9 Å². The zero-order valence-electron chi connectivity index (χ0n) is 6.28. The average Bonchev–Trinajstić information content (AvgIpc) is 2.50. The zero-order chi connectivity index (χ0) is 8.27. The Balaban J connectivity index is 2.79. The molecule has 0 amide bonds. The quantitative estimate of drug-likeness (QED) is 0.703. The lowest BCUT2D eigenvalue weighted by atomic mass is 10.3. The Hall–Kier alpha value is -0.800. The molecular weight excluding hydrogens is 160 g/mol. The van der Waals surface area contributed by atoms with Crippen LogP contribution in [0.1, 0.15) is 11.0 Å². The van der Waals surface area contributed by atoms with Crippen LogP contribution in [0.15, 0.2) is 24.1 Å². The van der Waals surface area contributed by atoms with Gasteiger partial charge in [-0.05, 0) is 6.07 Å². The van der Waals surface area contributed by atoms with Crippen LogP contribution < -0.4 is 4.74 Å². The Kier molecular flexibility index (Phi) is 2.68. The lowest BCUT2D eigenvalue weighted by molar-refractivity contribution is 0.232. The predicted molar refractivity (Wildman–Crippen MR) is 46.0 cm³/mol. The molecule has 1 aromatic heterocycles. The van der Waals surface area contributed by atoms with Gasteiger partial charge >= 0.3 is 0 Å². The summed E-state index contributed by atoms with van der Waals surface area (Å²) in [6.45, 7) is 3.49. The molecule has 0 saturated carbocycles. The number of hydrogen-bond acceptors (Lipinski definition) is 3. The maximum Gasteiger partial charge on any atom is 0.129 e. The fourth-order valence-corrected chi connectivity index (χ4v) is 1.55. The molecule has 0 aliphatic rings. The average molecular weight is 170 g/mol. The van der Waals surface area contributed by atoms with Gasteiger partial charge in [0.1, 0.15) is 11.9 Å². The third-order valence-electron chi connectivity index (χ3n) is 1.35. The first-order chi connectivity index (χ1) is 5.27. The maximum absolute atomic E-state index is 9.27. The standard InChI is InChI=1S/C8H10O2S/c1-3-7(9)8-4-6(10-2)5-11-8/h3-5,7,9H,1H2,2H3. The van der Waals surface area contributed by atoms with Crippen LogP contribution in [0.5, 0.6) is 5.75 Å². The van der Waals surface area contributed by atoms with Crippen LogP contribution in [0.25, 0.3) is 0 Å². The highest BCUT2D eigenvalue weighted by Crippen LogP contribution is 2.26. The molecule has 1 atom stereocenters. The van der Waals surface area contributed by atoms with Crippen molar-refractivity contribution in [1.29, 1.82) is 0 Å². The molecular formula is C8H10O2S. The van der Waals surface area contributed by atoms with E-state index in [2.05, 4.69) is 6.58 Å². The summed E-state index contributed by atoms with van der Waals surface area (Å²) < 4.78 is 4.95. The third-order valence-corrected chi connectivity index (χ3v) is 2.33. The Morgan fingerprint density at radius 2 is 2.55 bits per heavy atom. The van der Waals surface area contributed by atoms with Crippen LogP contribution in [0.2, 0.25) is 0 Å². The van der Waals surface area contributed by atoms with Crippen LogP contribution in [-0.4, -0.2) is 12.2 Å². The molecule has 0 spiro atoms. The molecule has 2 nitrogen and oxygen atoms in total. The van der Waals surface area contributed by atoms with Crippen molar-refractivity contribution in [3.05, 3.63) is 29.0 Å². The van der Waals surface area contributed by atoms with E-state index >= 15 is 0 Å². The van der Waals surface area contributed by atoms with E-state index in [1.54, 1.807) is 13.2 Å². The summed E-state index contributed by atoms with van der Waals surface area (Å²) >= 11 is 1.46. The van der Waals surface area contributed by atoms with E-state index in [0.717, 1.165) is 10.6 Å². The largest absolute Gasteiger partial charge is 0.496 e. The summed E-state index contributed by atoms with van der Waals surface area (Å²) in [5.41, 5.74) is 0. The van der Waals surface area contributed by atoms with E-state index in [1.807, 2.05) is 5.38 Å². The second-order valence-electron chi connectivity index (χ2n) is 2.07. The Bertz CT molecular complexity index is 242. The minimum absolute atomic E-state index is 0.566. The molecule has 3 heteroatoms. The molecule has 0 saturated heterocycles. The molecule has 1 aromatic rings. The van der Waals surface area contributed by atoms with E-state index in [0.29, 0.717) is 0 Å². The normalized spacial score (nSPS) is 12.5. The number of ether oxygens (including phenoxy) is 1. The lowest BCUT2D eigenvalue weighted by Gasteiger charge is -1.98. The molecule has 60 valence electrons. The minimum Gasteiger partial charge on any atom is -0.496 e. The van der Waals surface area contributed by atoms with Gasteiger partial charge in [0.25, 0.3) is 0 Å². The van der Waals surface area contributed by atoms with Crippen molar-refractivity contribution in [2.45, 2.75) is 6.10 Å². The smallest absolute Gasteiger partial charge is 0.129 e. The van der Waals surface area contributed by atoms with Crippen LogP contribution >= 0.6 is 11.3 Å². The summed E-state index contributed by atoms with van der Waals surface area (Å²) in [5.74, 6) is 0.783. The molecule has 0 aliphatic heterocycles. The molecule has 1 N–H and O–H groups in total. The number of rotatable bonds is 3. The van der Waals surface area contributed by atoms with Gasteiger partial charge in [-0.2, -0.15) is 0 Å². The van der Waals surface area contributed by atoms with E-state index in [4.69, 9.17) is 4.74 Å². The van der Waals surface area contributed by atoms with Gasteiger partial charge in [0.15, 0.2) is 0 Å². The van der Waals surface area contributed by atoms with Gasteiger partial charge in [0, 0.05) is 10.3 Å². The summed E-state index contributed by atoms with van der Waals surface area (Å²) in [6, 6.07) is 1.80. The molecule has 1 rings (SSSR count). The fourth-order valence-electron chi connectivity index (χ4n) is 0.713. The van der Waals surface area contributed by atoms with Gasteiger partial charge in [-0.3, -0.25) is 0 Å². The van der Waals surface area contributed by atoms with Gasteiger partial charge in [-0.1, -0.05) is 6.08 Å². The van der Waals surface area contributed by atoms with E-state index in [9.17, 15) is 5.11 Å². The number of methoxy groups -OCH3 is 1. The number of aliphatic hydroxyl groups is 1. The second kappa shape index (κ2) is 3.55. The fraction of sp³-hybridized carbons (Fsp3) is 0.250. The van der Waals surface area contributed by atoms with Crippen LogP contribution in [-0.2, 0) is 0 Å². The molecule has 0 bridgehead atoms. The van der Waals surface area contributed by atoms with Gasteiger partial charge in [0.05, 0.1) is 7.11 Å². The Morgan fingerprint density at radius 1 is 1.82 bits per heavy atom. The van der Waals surface area contributed by atoms with Crippen molar-refractivity contribution in [2.24, 2.45) is 0 Å². The van der Waals surface area contributed by atoms with Gasteiger partial charge < -0.3 is 9.84 Å². The first-order valence-corrected chi connectivity index (χ1v) is 4.09. The number of hydrogen-bond donors (Lipinski definition) is 1. The monoisotopic (exact) mass is 170 g/mol. The van der Waals surface area contributed by atoms with Gasteiger partial charge in [-0.25, -0.2) is 0 Å². The van der Waals surface area contributed by atoms with Crippen LogP contribution in [0.4, 0.5) is 0 Å². The van der Waals surface area contributed by atoms with Crippen molar-refractivity contribution in [1.82, 2.24) is 0 Å².